The minimum Gasteiger partial charge on any atom is -0.335 e. The van der Waals surface area contributed by atoms with Crippen LogP contribution < -0.4 is 5.73 Å². The van der Waals surface area contributed by atoms with Crippen molar-refractivity contribution < 1.29 is 4.79 Å². The van der Waals surface area contributed by atoms with Gasteiger partial charge in [-0.3, -0.25) is 4.79 Å². The summed E-state index contributed by atoms with van der Waals surface area (Å²) in [6.45, 7) is 4.88. The lowest BCUT2D eigenvalue weighted by Gasteiger charge is -2.17. The fourth-order valence-electron chi connectivity index (χ4n) is 3.76. The Bertz CT molecular complexity index is 1020. The van der Waals surface area contributed by atoms with Crippen LogP contribution in [0.1, 0.15) is 33.4 Å². The number of carbonyl (C=O) groups excluding carboxylic acids is 1. The van der Waals surface area contributed by atoms with Gasteiger partial charge in [0.25, 0.3) is 5.91 Å². The van der Waals surface area contributed by atoms with Crippen molar-refractivity contribution in [2.24, 2.45) is 5.73 Å². The number of nitrogens with zero attached hydrogens (tertiary/aromatic N) is 4. The van der Waals surface area contributed by atoms with Crippen molar-refractivity contribution in [3.8, 4) is 5.82 Å². The third kappa shape index (κ3) is 3.41. The van der Waals surface area contributed by atoms with Crippen molar-refractivity contribution in [3.05, 3.63) is 76.2 Å². The van der Waals surface area contributed by atoms with Crippen molar-refractivity contribution >= 4 is 17.5 Å². The highest BCUT2D eigenvalue weighted by Gasteiger charge is 2.35. The van der Waals surface area contributed by atoms with Crippen LogP contribution in [0.2, 0.25) is 5.02 Å². The summed E-state index contributed by atoms with van der Waals surface area (Å²) in [7, 11) is 0. The van der Waals surface area contributed by atoms with Gasteiger partial charge < -0.3 is 10.6 Å². The highest BCUT2D eigenvalue weighted by Crippen LogP contribution is 2.28. The molecule has 28 heavy (non-hydrogen) atoms. The molecule has 7 heteroatoms. The van der Waals surface area contributed by atoms with E-state index in [0.29, 0.717) is 23.9 Å². The van der Waals surface area contributed by atoms with Crippen LogP contribution in [0.5, 0.6) is 0 Å². The quantitative estimate of drug-likeness (QED) is 0.739. The molecule has 1 aliphatic heterocycles. The van der Waals surface area contributed by atoms with Gasteiger partial charge in [0.05, 0.1) is 10.7 Å². The van der Waals surface area contributed by atoms with E-state index in [4.69, 9.17) is 17.3 Å². The summed E-state index contributed by atoms with van der Waals surface area (Å²) in [6, 6.07) is 15.3. The van der Waals surface area contributed by atoms with Crippen LogP contribution in [0.4, 0.5) is 0 Å². The first kappa shape index (κ1) is 18.7. The first-order valence-electron chi connectivity index (χ1n) is 9.24. The topological polar surface area (TPSA) is 77.0 Å². The number of rotatable bonds is 3. The molecular weight excluding hydrogens is 374 g/mol. The Kier molecular flexibility index (Phi) is 4.91. The molecule has 1 fully saturated rings. The molecule has 2 N–H and O–H groups in total. The molecule has 0 spiro atoms. The van der Waals surface area contributed by atoms with Crippen LogP contribution in [0, 0.1) is 13.8 Å². The number of pyridine rings is 1. The zero-order valence-electron chi connectivity index (χ0n) is 15.8. The smallest absolute Gasteiger partial charge is 0.274 e. The fourth-order valence-corrected chi connectivity index (χ4v) is 3.94. The number of likely N-dealkylation sites (tertiary alicyclic amines) is 1. The Morgan fingerprint density at radius 1 is 1.14 bits per heavy atom. The summed E-state index contributed by atoms with van der Waals surface area (Å²) in [5.41, 5.74) is 9.54. The Morgan fingerprint density at radius 2 is 1.89 bits per heavy atom. The Morgan fingerprint density at radius 3 is 2.57 bits per heavy atom. The summed E-state index contributed by atoms with van der Waals surface area (Å²) in [4.78, 5) is 19.4. The molecule has 2 aromatic heterocycles. The van der Waals surface area contributed by atoms with E-state index < -0.39 is 0 Å². The molecule has 0 aliphatic carbocycles. The molecule has 2 atom stereocenters. The maximum Gasteiger partial charge on any atom is 0.274 e. The molecule has 6 nitrogen and oxygen atoms in total. The van der Waals surface area contributed by atoms with Gasteiger partial charge in [0.1, 0.15) is 5.69 Å². The van der Waals surface area contributed by atoms with E-state index in [1.807, 2.05) is 50.2 Å². The SMILES string of the molecule is Cc1cc(C)n(-c2ccc(Cl)c(C(=O)N3C[C@@H](N)[C@H](c4ccccc4)C3)n2)n1. The predicted octanol–water partition coefficient (Wildman–Crippen LogP) is 3.10. The van der Waals surface area contributed by atoms with Crippen molar-refractivity contribution in [1.29, 1.82) is 0 Å². The summed E-state index contributed by atoms with van der Waals surface area (Å²) >= 11 is 6.32. The van der Waals surface area contributed by atoms with E-state index in [2.05, 4.69) is 10.1 Å². The first-order valence-corrected chi connectivity index (χ1v) is 9.62. The number of amides is 1. The zero-order chi connectivity index (χ0) is 19.8. The molecule has 0 bridgehead atoms. The van der Waals surface area contributed by atoms with E-state index in [9.17, 15) is 4.79 Å². The lowest BCUT2D eigenvalue weighted by Crippen LogP contribution is -2.33. The van der Waals surface area contributed by atoms with Crippen LogP contribution in [0.3, 0.4) is 0 Å². The molecule has 0 saturated carbocycles. The van der Waals surface area contributed by atoms with Gasteiger partial charge in [-0.2, -0.15) is 5.10 Å². The van der Waals surface area contributed by atoms with Crippen molar-refractivity contribution in [1.82, 2.24) is 19.7 Å². The normalized spacial score (nSPS) is 19.2. The third-order valence-electron chi connectivity index (χ3n) is 5.14. The van der Waals surface area contributed by atoms with Gasteiger partial charge in [-0.25, -0.2) is 9.67 Å². The summed E-state index contributed by atoms with van der Waals surface area (Å²) in [6.07, 6.45) is 0. The number of halogens is 1. The van der Waals surface area contributed by atoms with Crippen LogP contribution in [0.25, 0.3) is 5.82 Å². The van der Waals surface area contributed by atoms with Crippen LogP contribution in [-0.2, 0) is 0 Å². The maximum absolute atomic E-state index is 13.2. The minimum atomic E-state index is -0.206. The second-order valence-corrected chi connectivity index (χ2v) is 7.64. The number of hydrogen-bond donors (Lipinski definition) is 1. The highest BCUT2D eigenvalue weighted by molar-refractivity contribution is 6.33. The number of aryl methyl sites for hydroxylation is 2. The van der Waals surface area contributed by atoms with Crippen LogP contribution in [0.15, 0.2) is 48.5 Å². The summed E-state index contributed by atoms with van der Waals surface area (Å²) in [5, 5.41) is 4.76. The lowest BCUT2D eigenvalue weighted by atomic mass is 9.95. The van der Waals surface area contributed by atoms with Crippen molar-refractivity contribution in [2.75, 3.05) is 13.1 Å². The van der Waals surface area contributed by atoms with Crippen LogP contribution >= 0.6 is 11.6 Å². The van der Waals surface area contributed by atoms with Crippen LogP contribution in [-0.4, -0.2) is 44.7 Å². The standard InChI is InChI=1S/C21H22ClN5O/c1-13-10-14(2)27(25-13)19-9-8-17(22)20(24-19)21(28)26-11-16(18(23)12-26)15-6-4-3-5-7-15/h3-10,16,18H,11-12,23H2,1-2H3/t16-,18+/m0/s1. The first-order chi connectivity index (χ1) is 13.4. The van der Waals surface area contributed by atoms with E-state index in [-0.39, 0.29) is 23.6 Å². The second kappa shape index (κ2) is 7.37. The van der Waals surface area contributed by atoms with Gasteiger partial charge in [-0.1, -0.05) is 41.9 Å². The fraction of sp³-hybridized carbons (Fsp3) is 0.286. The van der Waals surface area contributed by atoms with E-state index in [1.165, 1.54) is 0 Å². The molecule has 144 valence electrons. The van der Waals surface area contributed by atoms with Gasteiger partial charge in [0.2, 0.25) is 0 Å². The van der Waals surface area contributed by atoms with Gasteiger partial charge in [-0.15, -0.1) is 0 Å². The molecule has 4 rings (SSSR count). The third-order valence-corrected chi connectivity index (χ3v) is 5.45. The largest absolute Gasteiger partial charge is 0.335 e. The predicted molar refractivity (Wildman–Crippen MR) is 109 cm³/mol. The molecular formula is C21H22ClN5O. The van der Waals surface area contributed by atoms with E-state index in [0.717, 1.165) is 17.0 Å². The Hall–Kier alpha value is -2.70. The molecule has 0 radical (unpaired) electrons. The monoisotopic (exact) mass is 395 g/mol. The summed E-state index contributed by atoms with van der Waals surface area (Å²) in [5.74, 6) is 0.465. The molecule has 1 saturated heterocycles. The Labute approximate surface area is 168 Å². The molecule has 1 amide bonds. The molecule has 0 unspecified atom stereocenters. The van der Waals surface area contributed by atoms with Gasteiger partial charge in [0, 0.05) is 30.7 Å². The van der Waals surface area contributed by atoms with Gasteiger partial charge >= 0.3 is 0 Å². The lowest BCUT2D eigenvalue weighted by molar-refractivity contribution is 0.0783. The Balaban J connectivity index is 1.62. The number of benzene rings is 1. The van der Waals surface area contributed by atoms with Gasteiger partial charge in [-0.05, 0) is 37.6 Å². The van der Waals surface area contributed by atoms with Crippen molar-refractivity contribution in [3.63, 3.8) is 0 Å². The summed E-state index contributed by atoms with van der Waals surface area (Å²) < 4.78 is 1.71. The van der Waals surface area contributed by atoms with E-state index >= 15 is 0 Å². The van der Waals surface area contributed by atoms with Gasteiger partial charge in [0.15, 0.2) is 5.82 Å². The minimum absolute atomic E-state index is 0.100. The average molecular weight is 396 g/mol. The molecule has 3 aromatic rings. The average Bonchev–Trinajstić information content (AvgIpc) is 3.24. The second-order valence-electron chi connectivity index (χ2n) is 7.23. The zero-order valence-corrected chi connectivity index (χ0v) is 16.6. The number of hydrogen-bond acceptors (Lipinski definition) is 4. The molecule has 3 heterocycles. The molecule has 1 aromatic carbocycles. The molecule has 1 aliphatic rings. The number of carbonyl (C=O) groups is 1. The number of nitrogens with two attached hydrogens (primary N) is 1. The highest BCUT2D eigenvalue weighted by atomic mass is 35.5. The van der Waals surface area contributed by atoms with E-state index in [1.54, 1.807) is 21.7 Å². The van der Waals surface area contributed by atoms with Crippen molar-refractivity contribution in [2.45, 2.75) is 25.8 Å². The number of aromatic nitrogens is 3. The maximum atomic E-state index is 13.2.